The van der Waals surface area contributed by atoms with Crippen molar-refractivity contribution >= 4 is 27.8 Å². The number of unbranched alkanes of at least 4 members (excludes halogenated alkanes) is 2. The number of carbonyl (C=O) groups excluding carboxylic acids is 1. The van der Waals surface area contributed by atoms with Crippen LogP contribution in [0.4, 0.5) is 4.39 Å². The van der Waals surface area contributed by atoms with Crippen LogP contribution in [-0.2, 0) is 13.5 Å². The number of carbonyl (C=O) groups is 1. The molecule has 2 aromatic heterocycles. The van der Waals surface area contributed by atoms with Gasteiger partial charge < -0.3 is 14.9 Å². The van der Waals surface area contributed by atoms with E-state index in [1.165, 1.54) is 19.3 Å². The number of aryl methyl sites for hydroxylation is 2. The molecule has 6 nitrogen and oxygen atoms in total. The summed E-state index contributed by atoms with van der Waals surface area (Å²) in [5, 5.41) is 2.54. The summed E-state index contributed by atoms with van der Waals surface area (Å²) in [5.41, 5.74) is 0.679. The smallest absolute Gasteiger partial charge is 0.256 e. The molecule has 3 aromatic rings. The van der Waals surface area contributed by atoms with E-state index in [2.05, 4.69) is 22.2 Å². The van der Waals surface area contributed by atoms with Crippen LogP contribution in [0, 0.1) is 5.82 Å². The first-order valence-electron chi connectivity index (χ1n) is 8.40. The molecule has 0 radical (unpaired) electrons. The zero-order valence-electron chi connectivity index (χ0n) is 14.6. The van der Waals surface area contributed by atoms with Gasteiger partial charge in [-0.15, -0.1) is 0 Å². The number of fused-ring (bicyclic) bond motifs is 3. The Morgan fingerprint density at radius 2 is 2.16 bits per heavy atom. The highest BCUT2D eigenvalue weighted by molar-refractivity contribution is 6.05. The van der Waals surface area contributed by atoms with Crippen molar-refractivity contribution in [3.63, 3.8) is 0 Å². The number of aromatic amines is 1. The fourth-order valence-electron chi connectivity index (χ4n) is 3.13. The summed E-state index contributed by atoms with van der Waals surface area (Å²) < 4.78 is 16.4. The van der Waals surface area contributed by atoms with Crippen molar-refractivity contribution in [2.75, 3.05) is 7.05 Å². The lowest BCUT2D eigenvalue weighted by Gasteiger charge is -2.05. The number of nitrogens with one attached hydrogen (secondary N) is 2. The van der Waals surface area contributed by atoms with Crippen LogP contribution >= 0.6 is 0 Å². The minimum absolute atomic E-state index is 0.0483. The Morgan fingerprint density at radius 1 is 1.40 bits per heavy atom. The topological polar surface area (TPSA) is 79.8 Å². The Balaban J connectivity index is 2.24. The molecule has 0 atom stereocenters. The maximum atomic E-state index is 14.7. The minimum atomic E-state index is -0.515. The van der Waals surface area contributed by atoms with Gasteiger partial charge in [0.05, 0.1) is 10.9 Å². The van der Waals surface area contributed by atoms with E-state index in [1.54, 1.807) is 11.6 Å². The van der Waals surface area contributed by atoms with Crippen molar-refractivity contribution in [2.24, 2.45) is 7.05 Å². The van der Waals surface area contributed by atoms with Crippen molar-refractivity contribution < 1.29 is 9.18 Å². The Labute approximate surface area is 144 Å². The van der Waals surface area contributed by atoms with Gasteiger partial charge in [-0.2, -0.15) is 0 Å². The standard InChI is InChI=1S/C18H21FN4O2/c1-4-5-6-7-13-22-15-14-10(8-12(19)16(15)23(13)3)17(24)11(9-21-14)18(25)20-2/h8-9H,4-7H2,1-3H3,(H,20,25)(H,21,24). The SMILES string of the molecule is CCCCCc1nc2c3[nH]cc(C(=O)NC)c(=O)c3cc(F)c2n1C. The fourth-order valence-corrected chi connectivity index (χ4v) is 3.13. The van der Waals surface area contributed by atoms with Gasteiger partial charge in [-0.05, 0) is 12.5 Å². The molecule has 25 heavy (non-hydrogen) atoms. The van der Waals surface area contributed by atoms with E-state index < -0.39 is 17.2 Å². The van der Waals surface area contributed by atoms with Crippen LogP contribution in [0.5, 0.6) is 0 Å². The van der Waals surface area contributed by atoms with E-state index in [9.17, 15) is 14.0 Å². The lowest BCUT2D eigenvalue weighted by Crippen LogP contribution is -2.25. The number of H-pyrrole nitrogens is 1. The van der Waals surface area contributed by atoms with E-state index in [1.807, 2.05) is 0 Å². The van der Waals surface area contributed by atoms with Crippen LogP contribution in [-0.4, -0.2) is 27.5 Å². The van der Waals surface area contributed by atoms with Gasteiger partial charge in [-0.25, -0.2) is 9.37 Å². The Kier molecular flexibility index (Phi) is 4.57. The molecule has 0 aliphatic carbocycles. The number of rotatable bonds is 5. The number of nitrogens with zero attached hydrogens (tertiary/aromatic N) is 2. The molecule has 0 saturated heterocycles. The molecule has 7 heteroatoms. The maximum absolute atomic E-state index is 14.7. The third-order valence-corrected chi connectivity index (χ3v) is 4.52. The Hall–Kier alpha value is -2.70. The van der Waals surface area contributed by atoms with E-state index in [0.29, 0.717) is 16.6 Å². The monoisotopic (exact) mass is 344 g/mol. The molecule has 3 rings (SSSR count). The molecule has 0 bridgehead atoms. The second kappa shape index (κ2) is 6.66. The summed E-state index contributed by atoms with van der Waals surface area (Å²) in [4.78, 5) is 31.8. The number of aromatic nitrogens is 3. The Morgan fingerprint density at radius 3 is 2.84 bits per heavy atom. The van der Waals surface area contributed by atoms with Gasteiger partial charge in [-0.1, -0.05) is 19.8 Å². The highest BCUT2D eigenvalue weighted by atomic mass is 19.1. The van der Waals surface area contributed by atoms with Gasteiger partial charge >= 0.3 is 0 Å². The van der Waals surface area contributed by atoms with Gasteiger partial charge in [0.1, 0.15) is 28.2 Å². The van der Waals surface area contributed by atoms with Crippen molar-refractivity contribution in [3.8, 4) is 0 Å². The van der Waals surface area contributed by atoms with E-state index in [0.717, 1.165) is 31.5 Å². The molecule has 0 aliphatic heterocycles. The molecular weight excluding hydrogens is 323 g/mol. The Bertz CT molecular complexity index is 1020. The number of halogens is 1. The van der Waals surface area contributed by atoms with Crippen LogP contribution in [0.25, 0.3) is 21.9 Å². The number of amides is 1. The van der Waals surface area contributed by atoms with Crippen molar-refractivity contribution in [1.29, 1.82) is 0 Å². The molecule has 0 unspecified atom stereocenters. The predicted molar refractivity (Wildman–Crippen MR) is 95.4 cm³/mol. The lowest BCUT2D eigenvalue weighted by atomic mass is 10.1. The van der Waals surface area contributed by atoms with E-state index >= 15 is 0 Å². The first-order chi connectivity index (χ1) is 12.0. The third-order valence-electron chi connectivity index (χ3n) is 4.52. The summed E-state index contributed by atoms with van der Waals surface area (Å²) in [6.45, 7) is 2.12. The first-order valence-corrected chi connectivity index (χ1v) is 8.40. The van der Waals surface area contributed by atoms with Crippen LogP contribution in [0.15, 0.2) is 17.1 Å². The zero-order chi connectivity index (χ0) is 18.1. The third kappa shape index (κ3) is 2.79. The number of imidazole rings is 1. The van der Waals surface area contributed by atoms with Gasteiger partial charge in [0.2, 0.25) is 5.43 Å². The lowest BCUT2D eigenvalue weighted by molar-refractivity contribution is 0.0962. The first kappa shape index (κ1) is 17.1. The molecular formula is C18H21FN4O2. The molecule has 0 fully saturated rings. The van der Waals surface area contributed by atoms with Gasteiger partial charge in [0.15, 0.2) is 0 Å². The summed E-state index contributed by atoms with van der Waals surface area (Å²) in [5.74, 6) is -0.241. The molecule has 132 valence electrons. The van der Waals surface area contributed by atoms with Crippen molar-refractivity contribution in [3.05, 3.63) is 39.7 Å². The molecule has 1 amide bonds. The predicted octanol–water partition coefficient (Wildman–Crippen LogP) is 2.65. The average molecular weight is 344 g/mol. The number of benzene rings is 1. The molecule has 0 spiro atoms. The second-order valence-electron chi connectivity index (χ2n) is 6.13. The largest absolute Gasteiger partial charge is 0.358 e. The molecule has 1 aromatic carbocycles. The quantitative estimate of drug-likeness (QED) is 0.698. The normalized spacial score (nSPS) is 11.4. The summed E-state index contributed by atoms with van der Waals surface area (Å²) >= 11 is 0. The van der Waals surface area contributed by atoms with E-state index in [4.69, 9.17) is 0 Å². The molecule has 2 N–H and O–H groups in total. The van der Waals surface area contributed by atoms with Crippen LogP contribution in [0.1, 0.15) is 42.4 Å². The fraction of sp³-hybridized carbons (Fsp3) is 0.389. The minimum Gasteiger partial charge on any atom is -0.358 e. The number of pyridine rings is 1. The van der Waals surface area contributed by atoms with Gasteiger partial charge in [0, 0.05) is 26.7 Å². The number of hydrogen-bond acceptors (Lipinski definition) is 3. The van der Waals surface area contributed by atoms with Crippen molar-refractivity contribution in [2.45, 2.75) is 32.6 Å². The van der Waals surface area contributed by atoms with Crippen molar-refractivity contribution in [1.82, 2.24) is 19.9 Å². The highest BCUT2D eigenvalue weighted by Crippen LogP contribution is 2.26. The second-order valence-corrected chi connectivity index (χ2v) is 6.13. The van der Waals surface area contributed by atoms with Gasteiger partial charge in [0.25, 0.3) is 5.91 Å². The zero-order valence-corrected chi connectivity index (χ0v) is 14.6. The van der Waals surface area contributed by atoms with Gasteiger partial charge in [-0.3, -0.25) is 9.59 Å². The van der Waals surface area contributed by atoms with E-state index in [-0.39, 0.29) is 10.9 Å². The molecule has 0 saturated carbocycles. The summed E-state index contributed by atoms with van der Waals surface area (Å²) in [6.07, 6.45) is 5.26. The molecule has 0 aliphatic rings. The maximum Gasteiger partial charge on any atom is 0.256 e. The van der Waals surface area contributed by atoms with Crippen LogP contribution < -0.4 is 10.7 Å². The highest BCUT2D eigenvalue weighted by Gasteiger charge is 2.19. The molecule has 2 heterocycles. The van der Waals surface area contributed by atoms with Crippen LogP contribution in [0.2, 0.25) is 0 Å². The number of hydrogen-bond donors (Lipinski definition) is 2. The summed E-state index contributed by atoms with van der Waals surface area (Å²) in [7, 11) is 3.22. The summed E-state index contributed by atoms with van der Waals surface area (Å²) in [6, 6.07) is 1.18. The average Bonchev–Trinajstić information content (AvgIpc) is 2.93. The van der Waals surface area contributed by atoms with Crippen LogP contribution in [0.3, 0.4) is 0 Å².